The first kappa shape index (κ1) is 14.4. The number of hydrogen-bond acceptors (Lipinski definition) is 4. The van der Waals surface area contributed by atoms with E-state index in [0.29, 0.717) is 27.4 Å². The van der Waals surface area contributed by atoms with E-state index in [-0.39, 0.29) is 5.75 Å². The zero-order chi connectivity index (χ0) is 16.5. The third-order valence-electron chi connectivity index (χ3n) is 3.59. The Morgan fingerprint density at radius 3 is 2.96 bits per heavy atom. The number of halogens is 1. The fraction of sp³-hybridized carbons (Fsp3) is 0. The largest absolute Gasteiger partial charge is 0.453 e. The number of fused-ring (bicyclic) bond motifs is 1. The average Bonchev–Trinajstić information content (AvgIpc) is 3.27. The Morgan fingerprint density at radius 1 is 1.25 bits per heavy atom. The minimum Gasteiger partial charge on any atom is -0.453 e. The lowest BCUT2D eigenvalue weighted by atomic mass is 10.1. The van der Waals surface area contributed by atoms with Gasteiger partial charge in [0.05, 0.1) is 17.2 Å². The molecule has 4 rings (SSSR count). The van der Waals surface area contributed by atoms with Gasteiger partial charge in [-0.2, -0.15) is 5.26 Å². The highest BCUT2D eigenvalue weighted by Crippen LogP contribution is 2.41. The average molecular weight is 335 g/mol. The second-order valence-corrected chi connectivity index (χ2v) is 5.97. The minimum atomic E-state index is -0.488. The summed E-state index contributed by atoms with van der Waals surface area (Å²) < 4.78 is 20.5. The Hall–Kier alpha value is -3.17. The molecule has 0 amide bonds. The molecule has 0 aliphatic carbocycles. The van der Waals surface area contributed by atoms with E-state index in [2.05, 4.69) is 9.97 Å². The highest BCUT2D eigenvalue weighted by molar-refractivity contribution is 7.13. The van der Waals surface area contributed by atoms with Crippen molar-refractivity contribution in [1.29, 1.82) is 5.26 Å². The summed E-state index contributed by atoms with van der Waals surface area (Å²) >= 11 is 1.41. The number of benzene rings is 2. The lowest BCUT2D eigenvalue weighted by Gasteiger charge is -2.12. The fourth-order valence-corrected chi connectivity index (χ4v) is 3.25. The van der Waals surface area contributed by atoms with Crippen LogP contribution in [0.2, 0.25) is 0 Å². The van der Waals surface area contributed by atoms with Crippen molar-refractivity contribution in [3.05, 3.63) is 65.6 Å². The van der Waals surface area contributed by atoms with Gasteiger partial charge in [0.1, 0.15) is 10.8 Å². The van der Waals surface area contributed by atoms with Crippen molar-refractivity contribution in [2.75, 3.05) is 0 Å². The Balaban J connectivity index is 1.92. The molecular formula is C18H10FN3OS. The SMILES string of the molecule is N#Cc1cccc(Oc2c(F)cc3[nH]ccc3c2-c2nccs2)c1. The lowest BCUT2D eigenvalue weighted by molar-refractivity contribution is 0.445. The van der Waals surface area contributed by atoms with E-state index in [1.165, 1.54) is 17.4 Å². The molecule has 2 aromatic carbocycles. The van der Waals surface area contributed by atoms with Gasteiger partial charge in [0.15, 0.2) is 11.6 Å². The van der Waals surface area contributed by atoms with Gasteiger partial charge in [-0.05, 0) is 24.3 Å². The molecule has 0 saturated heterocycles. The van der Waals surface area contributed by atoms with Gasteiger partial charge in [-0.15, -0.1) is 11.3 Å². The molecule has 2 heterocycles. The highest BCUT2D eigenvalue weighted by Gasteiger charge is 2.20. The van der Waals surface area contributed by atoms with E-state index in [1.807, 2.05) is 17.5 Å². The normalized spacial score (nSPS) is 10.7. The van der Waals surface area contributed by atoms with Crippen LogP contribution < -0.4 is 4.74 Å². The summed E-state index contributed by atoms with van der Waals surface area (Å²) in [7, 11) is 0. The van der Waals surface area contributed by atoms with E-state index >= 15 is 0 Å². The van der Waals surface area contributed by atoms with Gasteiger partial charge < -0.3 is 9.72 Å². The predicted octanol–water partition coefficient (Wildman–Crippen LogP) is 5.09. The quantitative estimate of drug-likeness (QED) is 0.567. The van der Waals surface area contributed by atoms with Crippen LogP contribution in [0.4, 0.5) is 4.39 Å². The monoisotopic (exact) mass is 335 g/mol. The first-order chi connectivity index (χ1) is 11.8. The van der Waals surface area contributed by atoms with Crippen LogP contribution in [0, 0.1) is 17.1 Å². The number of rotatable bonds is 3. The van der Waals surface area contributed by atoms with Gasteiger partial charge in [-0.3, -0.25) is 0 Å². The summed E-state index contributed by atoms with van der Waals surface area (Å²) in [5.74, 6) is 0.0188. The topological polar surface area (TPSA) is 61.7 Å². The first-order valence-electron chi connectivity index (χ1n) is 7.14. The summed E-state index contributed by atoms with van der Waals surface area (Å²) in [6.07, 6.45) is 3.42. The van der Waals surface area contributed by atoms with Crippen LogP contribution in [-0.2, 0) is 0 Å². The standard InChI is InChI=1S/C18H10FN3OS/c19-14-9-15-13(4-5-21-15)16(18-22-6-7-24-18)17(14)23-12-3-1-2-11(8-12)10-20/h1-9,21H. The van der Waals surface area contributed by atoms with Crippen LogP contribution in [0.5, 0.6) is 11.5 Å². The molecule has 0 aliphatic heterocycles. The molecular weight excluding hydrogens is 325 g/mol. The number of H-pyrrole nitrogens is 1. The maximum Gasteiger partial charge on any atom is 0.174 e. The van der Waals surface area contributed by atoms with Crippen molar-refractivity contribution in [1.82, 2.24) is 9.97 Å². The van der Waals surface area contributed by atoms with Gasteiger partial charge in [0.2, 0.25) is 0 Å². The van der Waals surface area contributed by atoms with Gasteiger partial charge in [-0.25, -0.2) is 9.37 Å². The molecule has 0 fully saturated rings. The van der Waals surface area contributed by atoms with Crippen molar-refractivity contribution in [2.24, 2.45) is 0 Å². The summed E-state index contributed by atoms with van der Waals surface area (Å²) in [6, 6.07) is 11.9. The van der Waals surface area contributed by atoms with E-state index in [4.69, 9.17) is 10.00 Å². The number of nitrogens with one attached hydrogen (secondary N) is 1. The summed E-state index contributed by atoms with van der Waals surface area (Å²) in [6.45, 7) is 0. The van der Waals surface area contributed by atoms with Gasteiger partial charge in [-0.1, -0.05) is 6.07 Å². The van der Waals surface area contributed by atoms with Crippen molar-refractivity contribution in [2.45, 2.75) is 0 Å². The highest BCUT2D eigenvalue weighted by atomic mass is 32.1. The lowest BCUT2D eigenvalue weighted by Crippen LogP contribution is -1.94. The molecule has 4 nitrogen and oxygen atoms in total. The van der Waals surface area contributed by atoms with E-state index in [0.717, 1.165) is 5.39 Å². The van der Waals surface area contributed by atoms with Gasteiger partial charge in [0.25, 0.3) is 0 Å². The molecule has 4 aromatic rings. The zero-order valence-corrected chi connectivity index (χ0v) is 13.1. The molecule has 0 bridgehead atoms. The second kappa shape index (κ2) is 5.80. The molecule has 116 valence electrons. The first-order valence-corrected chi connectivity index (χ1v) is 8.01. The van der Waals surface area contributed by atoms with E-state index in [9.17, 15) is 4.39 Å². The maximum atomic E-state index is 14.7. The number of aromatic amines is 1. The maximum absolute atomic E-state index is 14.7. The number of nitriles is 1. The smallest absolute Gasteiger partial charge is 0.174 e. The third kappa shape index (κ3) is 2.41. The molecule has 0 radical (unpaired) electrons. The van der Waals surface area contributed by atoms with Crippen LogP contribution in [0.1, 0.15) is 5.56 Å². The molecule has 0 aliphatic rings. The van der Waals surface area contributed by atoms with Gasteiger partial charge >= 0.3 is 0 Å². The fourth-order valence-electron chi connectivity index (χ4n) is 2.56. The van der Waals surface area contributed by atoms with Crippen molar-refractivity contribution >= 4 is 22.2 Å². The second-order valence-electron chi connectivity index (χ2n) is 5.08. The Bertz CT molecular complexity index is 1060. The molecule has 1 N–H and O–H groups in total. The summed E-state index contributed by atoms with van der Waals surface area (Å²) in [5.41, 5.74) is 1.73. The molecule has 0 spiro atoms. The van der Waals surface area contributed by atoms with E-state index in [1.54, 1.807) is 36.7 Å². The third-order valence-corrected chi connectivity index (χ3v) is 4.38. The summed E-state index contributed by atoms with van der Waals surface area (Å²) in [4.78, 5) is 7.31. The number of ether oxygens (including phenoxy) is 1. The van der Waals surface area contributed by atoms with Crippen LogP contribution in [0.3, 0.4) is 0 Å². The zero-order valence-electron chi connectivity index (χ0n) is 12.3. The Kier molecular flexibility index (Phi) is 3.48. The van der Waals surface area contributed by atoms with Crippen LogP contribution in [0.15, 0.2) is 54.2 Å². The summed E-state index contributed by atoms with van der Waals surface area (Å²) in [5, 5.41) is 12.3. The van der Waals surface area contributed by atoms with Crippen LogP contribution in [0.25, 0.3) is 21.5 Å². The number of thiazole rings is 1. The minimum absolute atomic E-state index is 0.104. The van der Waals surface area contributed by atoms with Crippen molar-refractivity contribution in [3.63, 3.8) is 0 Å². The van der Waals surface area contributed by atoms with Crippen LogP contribution in [-0.4, -0.2) is 9.97 Å². The number of nitrogens with zero attached hydrogens (tertiary/aromatic N) is 2. The Labute approximate surface area is 140 Å². The van der Waals surface area contributed by atoms with E-state index < -0.39 is 5.82 Å². The predicted molar refractivity (Wildman–Crippen MR) is 90.6 cm³/mol. The Morgan fingerprint density at radius 2 is 2.17 bits per heavy atom. The van der Waals surface area contributed by atoms with Crippen molar-refractivity contribution in [3.8, 4) is 28.1 Å². The van der Waals surface area contributed by atoms with Gasteiger partial charge in [0, 0.05) is 34.7 Å². The molecule has 2 aromatic heterocycles. The molecule has 0 atom stereocenters. The molecule has 24 heavy (non-hydrogen) atoms. The number of hydrogen-bond donors (Lipinski definition) is 1. The van der Waals surface area contributed by atoms with Crippen LogP contribution >= 0.6 is 11.3 Å². The molecule has 0 unspecified atom stereocenters. The van der Waals surface area contributed by atoms with Crippen molar-refractivity contribution < 1.29 is 9.13 Å². The number of aromatic nitrogens is 2. The molecule has 6 heteroatoms. The molecule has 0 saturated carbocycles.